The summed E-state index contributed by atoms with van der Waals surface area (Å²) in [7, 11) is 0. The largest absolute Gasteiger partial charge is 0.299 e. The third kappa shape index (κ3) is 2.35. The first-order valence-electron chi connectivity index (χ1n) is 4.17. The predicted octanol–water partition coefficient (Wildman–Crippen LogP) is 0.647. The molecule has 0 fully saturated rings. The van der Waals surface area contributed by atoms with Crippen LogP contribution in [-0.4, -0.2) is 28.8 Å². The molecule has 1 atom stereocenters. The van der Waals surface area contributed by atoms with Gasteiger partial charge in [0.2, 0.25) is 0 Å². The standard InChI is InChI=1S/C7H15ClN4/c1-3-11(4-2)7-5-6-9-12(8)10-7/h5-7,9-10H,3-4H2,1-2H3. The summed E-state index contributed by atoms with van der Waals surface area (Å²) >= 11 is 5.70. The molecule has 1 aliphatic heterocycles. The number of hydrazine groups is 2. The van der Waals surface area contributed by atoms with Crippen molar-refractivity contribution < 1.29 is 0 Å². The lowest BCUT2D eigenvalue weighted by Gasteiger charge is -2.33. The zero-order valence-electron chi connectivity index (χ0n) is 7.42. The molecule has 70 valence electrons. The van der Waals surface area contributed by atoms with Crippen LogP contribution in [0, 0.1) is 0 Å². The number of hydrogen-bond donors (Lipinski definition) is 2. The Morgan fingerprint density at radius 1 is 1.50 bits per heavy atom. The first-order valence-corrected chi connectivity index (χ1v) is 4.50. The van der Waals surface area contributed by atoms with Crippen LogP contribution in [0.25, 0.3) is 0 Å². The predicted molar refractivity (Wildman–Crippen MR) is 49.8 cm³/mol. The van der Waals surface area contributed by atoms with Crippen LogP contribution in [0.3, 0.4) is 0 Å². The van der Waals surface area contributed by atoms with Crippen molar-refractivity contribution in [2.45, 2.75) is 20.0 Å². The second kappa shape index (κ2) is 4.67. The molecule has 1 heterocycles. The van der Waals surface area contributed by atoms with E-state index in [1.54, 1.807) is 0 Å². The highest BCUT2D eigenvalue weighted by Gasteiger charge is 2.16. The summed E-state index contributed by atoms with van der Waals surface area (Å²) in [5.41, 5.74) is 5.84. The van der Waals surface area contributed by atoms with Gasteiger partial charge >= 0.3 is 0 Å². The third-order valence-electron chi connectivity index (χ3n) is 1.92. The molecule has 1 rings (SSSR count). The van der Waals surface area contributed by atoms with Gasteiger partial charge in [-0.15, -0.1) is 0 Å². The van der Waals surface area contributed by atoms with Crippen LogP contribution in [0.15, 0.2) is 12.3 Å². The maximum Gasteiger partial charge on any atom is 0.0968 e. The monoisotopic (exact) mass is 190 g/mol. The van der Waals surface area contributed by atoms with Gasteiger partial charge in [-0.1, -0.05) is 18.5 Å². The number of nitrogens with one attached hydrogen (secondary N) is 2. The van der Waals surface area contributed by atoms with Crippen molar-refractivity contribution in [1.82, 2.24) is 20.4 Å². The van der Waals surface area contributed by atoms with Gasteiger partial charge in [0.15, 0.2) is 0 Å². The summed E-state index contributed by atoms with van der Waals surface area (Å²) in [5, 5.41) is 0. The van der Waals surface area contributed by atoms with E-state index in [1.165, 1.54) is 4.64 Å². The molecule has 0 saturated carbocycles. The van der Waals surface area contributed by atoms with Crippen molar-refractivity contribution in [2.75, 3.05) is 13.1 Å². The highest BCUT2D eigenvalue weighted by atomic mass is 35.5. The molecule has 0 aliphatic carbocycles. The van der Waals surface area contributed by atoms with E-state index in [-0.39, 0.29) is 6.17 Å². The van der Waals surface area contributed by atoms with Crippen molar-refractivity contribution in [3.8, 4) is 0 Å². The lowest BCUT2D eigenvalue weighted by atomic mass is 10.4. The minimum Gasteiger partial charge on any atom is -0.299 e. The number of halogens is 1. The number of hydrogen-bond acceptors (Lipinski definition) is 4. The molecule has 0 spiro atoms. The minimum absolute atomic E-state index is 0.193. The highest BCUT2D eigenvalue weighted by molar-refractivity contribution is 6.12. The molecule has 5 heteroatoms. The van der Waals surface area contributed by atoms with Crippen LogP contribution in [0.5, 0.6) is 0 Å². The van der Waals surface area contributed by atoms with Crippen molar-refractivity contribution in [1.29, 1.82) is 0 Å². The maximum absolute atomic E-state index is 5.70. The number of nitrogens with zero attached hydrogens (tertiary/aromatic N) is 2. The van der Waals surface area contributed by atoms with Crippen LogP contribution >= 0.6 is 11.8 Å². The molecule has 0 aromatic rings. The summed E-state index contributed by atoms with van der Waals surface area (Å²) in [6, 6.07) is 0. The molecule has 0 aromatic heterocycles. The van der Waals surface area contributed by atoms with Crippen molar-refractivity contribution in [2.24, 2.45) is 0 Å². The van der Waals surface area contributed by atoms with Gasteiger partial charge in [-0.2, -0.15) is 0 Å². The van der Waals surface area contributed by atoms with E-state index in [0.29, 0.717) is 0 Å². The van der Waals surface area contributed by atoms with Crippen molar-refractivity contribution in [3.63, 3.8) is 0 Å². The van der Waals surface area contributed by atoms with Crippen molar-refractivity contribution in [3.05, 3.63) is 12.3 Å². The van der Waals surface area contributed by atoms with Gasteiger partial charge in [0.1, 0.15) is 0 Å². The quantitative estimate of drug-likeness (QED) is 0.640. The summed E-state index contributed by atoms with van der Waals surface area (Å²) in [6.45, 7) is 6.26. The van der Waals surface area contributed by atoms with E-state index in [4.69, 9.17) is 11.8 Å². The number of rotatable bonds is 3. The van der Waals surface area contributed by atoms with Crippen LogP contribution in [0.1, 0.15) is 13.8 Å². The summed E-state index contributed by atoms with van der Waals surface area (Å²) < 4.78 is 1.34. The SMILES string of the molecule is CCN(CC)C1C=CNN(Cl)N1. The molecule has 12 heavy (non-hydrogen) atoms. The van der Waals surface area contributed by atoms with Crippen molar-refractivity contribution >= 4 is 11.8 Å². The molecule has 1 unspecified atom stereocenters. The smallest absolute Gasteiger partial charge is 0.0968 e. The van der Waals surface area contributed by atoms with E-state index in [9.17, 15) is 0 Å². The molecule has 0 amide bonds. The first kappa shape index (κ1) is 9.80. The molecule has 0 saturated heterocycles. The van der Waals surface area contributed by atoms with E-state index < -0.39 is 0 Å². The van der Waals surface area contributed by atoms with Crippen LogP contribution in [-0.2, 0) is 0 Å². The Hall–Kier alpha value is -0.290. The molecule has 0 aromatic carbocycles. The Morgan fingerprint density at radius 3 is 2.67 bits per heavy atom. The van der Waals surface area contributed by atoms with Crippen LogP contribution < -0.4 is 10.9 Å². The third-order valence-corrected chi connectivity index (χ3v) is 2.11. The topological polar surface area (TPSA) is 30.5 Å². The fraction of sp³-hybridized carbons (Fsp3) is 0.714. The first-order chi connectivity index (χ1) is 5.77. The number of likely N-dealkylation sites (N-methyl/N-ethyl adjacent to an activating group) is 1. The fourth-order valence-electron chi connectivity index (χ4n) is 1.22. The Kier molecular flexibility index (Phi) is 3.81. The second-order valence-corrected chi connectivity index (χ2v) is 2.90. The Balaban J connectivity index is 2.49. The summed E-state index contributed by atoms with van der Waals surface area (Å²) in [4.78, 5) is 2.26. The Morgan fingerprint density at radius 2 is 2.17 bits per heavy atom. The average Bonchev–Trinajstić information content (AvgIpc) is 2.07. The molecule has 0 radical (unpaired) electrons. The Labute approximate surface area is 78.2 Å². The van der Waals surface area contributed by atoms with Crippen LogP contribution in [0.4, 0.5) is 0 Å². The molecular formula is C7H15ClN4. The molecule has 2 N–H and O–H groups in total. The van der Waals surface area contributed by atoms with Gasteiger partial charge < -0.3 is 0 Å². The zero-order valence-corrected chi connectivity index (χ0v) is 8.17. The zero-order chi connectivity index (χ0) is 8.97. The lowest BCUT2D eigenvalue weighted by Crippen LogP contribution is -2.54. The van der Waals surface area contributed by atoms with Gasteiger partial charge in [-0.25, -0.2) is 5.43 Å². The van der Waals surface area contributed by atoms with Gasteiger partial charge in [-0.05, 0) is 19.2 Å². The lowest BCUT2D eigenvalue weighted by molar-refractivity contribution is 0.124. The normalized spacial score (nSPS) is 24.5. The van der Waals surface area contributed by atoms with E-state index in [2.05, 4.69) is 29.6 Å². The van der Waals surface area contributed by atoms with Crippen LogP contribution in [0.2, 0.25) is 0 Å². The molecule has 4 nitrogen and oxygen atoms in total. The highest BCUT2D eigenvalue weighted by Crippen LogP contribution is 2.02. The molecular weight excluding hydrogens is 176 g/mol. The van der Waals surface area contributed by atoms with Gasteiger partial charge in [0, 0.05) is 18.0 Å². The van der Waals surface area contributed by atoms with Gasteiger partial charge in [0.05, 0.1) is 6.17 Å². The van der Waals surface area contributed by atoms with E-state index in [0.717, 1.165) is 13.1 Å². The summed E-state index contributed by atoms with van der Waals surface area (Å²) in [6.07, 6.45) is 4.05. The maximum atomic E-state index is 5.70. The molecule has 1 aliphatic rings. The Bertz CT molecular complexity index is 157. The average molecular weight is 191 g/mol. The van der Waals surface area contributed by atoms with Gasteiger partial charge in [0.25, 0.3) is 0 Å². The molecule has 0 bridgehead atoms. The second-order valence-electron chi connectivity index (χ2n) is 2.56. The summed E-state index contributed by atoms with van der Waals surface area (Å²) in [5.74, 6) is 0. The van der Waals surface area contributed by atoms with E-state index >= 15 is 0 Å². The van der Waals surface area contributed by atoms with E-state index in [1.807, 2.05) is 12.3 Å². The minimum atomic E-state index is 0.193. The van der Waals surface area contributed by atoms with Gasteiger partial charge in [-0.3, -0.25) is 10.3 Å². The fourth-order valence-corrected chi connectivity index (χ4v) is 1.37.